The molecule has 0 heterocycles. The summed E-state index contributed by atoms with van der Waals surface area (Å²) in [5.74, 6) is 0.914. The monoisotopic (exact) mass is 299 g/mol. The Morgan fingerprint density at radius 1 is 1.53 bits per heavy atom. The second kappa shape index (κ2) is 5.06. The number of hydrogen-bond donors (Lipinski definition) is 1. The third-order valence-corrected chi connectivity index (χ3v) is 2.99. The van der Waals surface area contributed by atoms with Crippen LogP contribution in [0.3, 0.4) is 0 Å². The van der Waals surface area contributed by atoms with Gasteiger partial charge in [0.2, 0.25) is 0 Å². The third-order valence-electron chi connectivity index (χ3n) is 2.53. The lowest BCUT2D eigenvalue weighted by molar-refractivity contribution is 0.0996. The molecule has 1 aromatic rings. The van der Waals surface area contributed by atoms with Crippen LogP contribution in [0, 0.1) is 0 Å². The molecule has 4 nitrogen and oxygen atoms in total. The van der Waals surface area contributed by atoms with Crippen LogP contribution in [-0.2, 0) is 0 Å². The number of benzene rings is 1. The highest BCUT2D eigenvalue weighted by Crippen LogP contribution is 2.38. The van der Waals surface area contributed by atoms with Gasteiger partial charge in [0.15, 0.2) is 17.3 Å². The van der Waals surface area contributed by atoms with Gasteiger partial charge in [-0.2, -0.15) is 0 Å². The van der Waals surface area contributed by atoms with E-state index in [0.29, 0.717) is 17.1 Å². The van der Waals surface area contributed by atoms with E-state index in [2.05, 4.69) is 15.9 Å². The maximum atomic E-state index is 11.8. The van der Waals surface area contributed by atoms with E-state index in [9.17, 15) is 4.79 Å². The van der Waals surface area contributed by atoms with Gasteiger partial charge in [0, 0.05) is 4.47 Å². The highest BCUT2D eigenvalue weighted by Gasteiger charge is 2.28. The summed E-state index contributed by atoms with van der Waals surface area (Å²) in [6, 6.07) is 3.50. The molecule has 1 saturated carbocycles. The second-order valence-electron chi connectivity index (χ2n) is 3.93. The van der Waals surface area contributed by atoms with E-state index in [0.717, 1.165) is 17.3 Å². The van der Waals surface area contributed by atoms with Gasteiger partial charge in [-0.3, -0.25) is 4.79 Å². The molecule has 0 atom stereocenters. The fourth-order valence-electron chi connectivity index (χ4n) is 1.51. The minimum Gasteiger partial charge on any atom is -0.493 e. The molecule has 2 N–H and O–H groups in total. The van der Waals surface area contributed by atoms with Crippen LogP contribution in [0.5, 0.6) is 11.5 Å². The number of methoxy groups -OCH3 is 1. The summed E-state index contributed by atoms with van der Waals surface area (Å²) in [5, 5.41) is 0. The first kappa shape index (κ1) is 12.4. The van der Waals surface area contributed by atoms with Crippen LogP contribution in [0.2, 0.25) is 0 Å². The lowest BCUT2D eigenvalue weighted by Gasteiger charge is -2.14. The molecule has 0 unspecified atom stereocenters. The summed E-state index contributed by atoms with van der Waals surface area (Å²) in [6.07, 6.45) is 2.25. The second-order valence-corrected chi connectivity index (χ2v) is 4.84. The smallest absolute Gasteiger partial charge is 0.180 e. The largest absolute Gasteiger partial charge is 0.493 e. The molecular weight excluding hydrogens is 286 g/mol. The molecular formula is C12H14BrNO3. The summed E-state index contributed by atoms with van der Waals surface area (Å²) >= 11 is 3.34. The summed E-state index contributed by atoms with van der Waals surface area (Å²) in [7, 11) is 1.55. The van der Waals surface area contributed by atoms with Crippen LogP contribution in [0.1, 0.15) is 23.2 Å². The molecule has 0 aromatic heterocycles. The third kappa shape index (κ3) is 2.79. The number of ether oxygens (including phenoxy) is 2. The summed E-state index contributed by atoms with van der Waals surface area (Å²) in [5.41, 5.74) is 5.88. The van der Waals surface area contributed by atoms with Crippen LogP contribution >= 0.6 is 15.9 Å². The number of carbonyl (C=O) groups is 1. The molecule has 17 heavy (non-hydrogen) atoms. The van der Waals surface area contributed by atoms with Crippen molar-refractivity contribution in [2.75, 3.05) is 13.7 Å². The highest BCUT2D eigenvalue weighted by molar-refractivity contribution is 9.10. The Kier molecular flexibility index (Phi) is 3.69. The highest BCUT2D eigenvalue weighted by atomic mass is 79.9. The number of halogens is 1. The minimum absolute atomic E-state index is 0.0410. The van der Waals surface area contributed by atoms with Crippen molar-refractivity contribution in [3.05, 3.63) is 22.2 Å². The van der Waals surface area contributed by atoms with Crippen molar-refractivity contribution in [1.29, 1.82) is 0 Å². The Balaban J connectivity index is 2.44. The first-order valence-corrected chi connectivity index (χ1v) is 6.22. The number of rotatable bonds is 5. The molecule has 0 radical (unpaired) electrons. The van der Waals surface area contributed by atoms with Crippen LogP contribution in [0.15, 0.2) is 16.6 Å². The van der Waals surface area contributed by atoms with Crippen LogP contribution < -0.4 is 15.2 Å². The van der Waals surface area contributed by atoms with Gasteiger partial charge in [0.05, 0.1) is 25.3 Å². The Bertz CT molecular complexity index is 444. The predicted molar refractivity (Wildman–Crippen MR) is 67.7 cm³/mol. The average molecular weight is 300 g/mol. The van der Waals surface area contributed by atoms with E-state index in [1.54, 1.807) is 19.2 Å². The van der Waals surface area contributed by atoms with Crippen molar-refractivity contribution in [1.82, 2.24) is 0 Å². The molecule has 0 saturated heterocycles. The van der Waals surface area contributed by atoms with E-state index in [4.69, 9.17) is 15.2 Å². The maximum absolute atomic E-state index is 11.8. The predicted octanol–water partition coefficient (Wildman–Crippen LogP) is 2.14. The number of nitrogens with two attached hydrogens (primary N) is 1. The van der Waals surface area contributed by atoms with Gasteiger partial charge in [-0.25, -0.2) is 0 Å². The number of Topliss-reactive ketones (excluding diaryl/α,β-unsaturated/α-hetero) is 1. The number of hydrogen-bond acceptors (Lipinski definition) is 4. The molecule has 2 rings (SSSR count). The van der Waals surface area contributed by atoms with Gasteiger partial charge in [-0.1, -0.05) is 15.9 Å². The zero-order chi connectivity index (χ0) is 12.4. The summed E-state index contributed by atoms with van der Waals surface area (Å²) in [6.45, 7) is -0.0410. The zero-order valence-corrected chi connectivity index (χ0v) is 11.1. The fraction of sp³-hybridized carbons (Fsp3) is 0.417. The van der Waals surface area contributed by atoms with Gasteiger partial charge in [0.1, 0.15) is 0 Å². The lowest BCUT2D eigenvalue weighted by Crippen LogP contribution is -2.16. The van der Waals surface area contributed by atoms with Gasteiger partial charge < -0.3 is 15.2 Å². The van der Waals surface area contributed by atoms with E-state index in [1.807, 2.05) is 0 Å². The minimum atomic E-state index is -0.153. The van der Waals surface area contributed by atoms with Crippen molar-refractivity contribution < 1.29 is 14.3 Å². The normalized spacial score (nSPS) is 14.5. The molecule has 0 spiro atoms. The van der Waals surface area contributed by atoms with Gasteiger partial charge in [-0.15, -0.1) is 0 Å². The number of carbonyl (C=O) groups excluding carboxylic acids is 1. The standard InChI is InChI=1S/C12H14BrNO3/c1-16-11-5-7(13)4-9(10(15)6-14)12(11)17-8-2-3-8/h4-5,8H,2-3,6,14H2,1H3. The molecule has 5 heteroatoms. The average Bonchev–Trinajstić information content (AvgIpc) is 3.13. The number of ketones is 1. The SMILES string of the molecule is COc1cc(Br)cc(C(=O)CN)c1OC1CC1. The van der Waals surface area contributed by atoms with Gasteiger partial charge in [-0.05, 0) is 25.0 Å². The van der Waals surface area contributed by atoms with E-state index >= 15 is 0 Å². The first-order chi connectivity index (χ1) is 8.15. The van der Waals surface area contributed by atoms with E-state index < -0.39 is 0 Å². The van der Waals surface area contributed by atoms with Crippen LogP contribution in [-0.4, -0.2) is 25.5 Å². The zero-order valence-electron chi connectivity index (χ0n) is 9.53. The van der Waals surface area contributed by atoms with Crippen molar-refractivity contribution in [2.24, 2.45) is 5.73 Å². The van der Waals surface area contributed by atoms with E-state index in [-0.39, 0.29) is 18.4 Å². The fourth-order valence-corrected chi connectivity index (χ4v) is 1.95. The summed E-state index contributed by atoms with van der Waals surface area (Å²) < 4.78 is 11.7. The lowest BCUT2D eigenvalue weighted by atomic mass is 10.1. The Hall–Kier alpha value is -1.07. The quantitative estimate of drug-likeness (QED) is 0.846. The van der Waals surface area contributed by atoms with Gasteiger partial charge in [0.25, 0.3) is 0 Å². The maximum Gasteiger partial charge on any atom is 0.180 e. The van der Waals surface area contributed by atoms with Crippen LogP contribution in [0.4, 0.5) is 0 Å². The van der Waals surface area contributed by atoms with Crippen molar-refractivity contribution in [2.45, 2.75) is 18.9 Å². The summed E-state index contributed by atoms with van der Waals surface area (Å²) in [4.78, 5) is 11.8. The molecule has 1 aliphatic carbocycles. The van der Waals surface area contributed by atoms with E-state index in [1.165, 1.54) is 0 Å². The van der Waals surface area contributed by atoms with Crippen molar-refractivity contribution in [3.63, 3.8) is 0 Å². The molecule has 0 aliphatic heterocycles. The molecule has 1 fully saturated rings. The Morgan fingerprint density at radius 2 is 2.24 bits per heavy atom. The molecule has 1 aromatic carbocycles. The molecule has 92 valence electrons. The first-order valence-electron chi connectivity index (χ1n) is 5.43. The van der Waals surface area contributed by atoms with Crippen molar-refractivity contribution >= 4 is 21.7 Å². The topological polar surface area (TPSA) is 61.5 Å². The molecule has 0 amide bonds. The Morgan fingerprint density at radius 3 is 2.76 bits per heavy atom. The van der Waals surface area contributed by atoms with Gasteiger partial charge >= 0.3 is 0 Å². The molecule has 1 aliphatic rings. The van der Waals surface area contributed by atoms with Crippen LogP contribution in [0.25, 0.3) is 0 Å². The Labute approximate surface area is 108 Å². The van der Waals surface area contributed by atoms with Crippen molar-refractivity contribution in [3.8, 4) is 11.5 Å². The molecule has 0 bridgehead atoms.